The molecule has 4 rings (SSSR count). The highest BCUT2D eigenvalue weighted by atomic mass is 79.9. The van der Waals surface area contributed by atoms with Crippen molar-refractivity contribution in [3.8, 4) is 0 Å². The van der Waals surface area contributed by atoms with Crippen LogP contribution in [0.2, 0.25) is 0 Å². The number of hydrogen-bond donors (Lipinski definition) is 1. The van der Waals surface area contributed by atoms with Gasteiger partial charge in [0.25, 0.3) is 0 Å². The zero-order chi connectivity index (χ0) is 14.2. The Morgan fingerprint density at radius 2 is 2.14 bits per heavy atom. The van der Waals surface area contributed by atoms with Crippen LogP contribution in [-0.4, -0.2) is 10.6 Å². The van der Waals surface area contributed by atoms with Gasteiger partial charge in [-0.15, -0.1) is 11.3 Å². The number of thiophene rings is 1. The zero-order valence-corrected chi connectivity index (χ0v) is 14.1. The summed E-state index contributed by atoms with van der Waals surface area (Å²) in [6, 6.07) is 11.9. The molecule has 0 saturated heterocycles. The molecule has 1 aliphatic carbocycles. The normalized spacial score (nSPS) is 14.9. The molecule has 108 valence electrons. The summed E-state index contributed by atoms with van der Waals surface area (Å²) in [6.45, 7) is 1.91. The molecule has 0 aliphatic heterocycles. The fraction of sp³-hybridized carbons (Fsp3) is 0.294. The van der Waals surface area contributed by atoms with E-state index >= 15 is 0 Å². The first-order valence-electron chi connectivity index (χ1n) is 7.32. The highest BCUT2D eigenvalue weighted by Gasteiger charge is 2.19. The third-order valence-electron chi connectivity index (χ3n) is 4.02. The predicted octanol–water partition coefficient (Wildman–Crippen LogP) is 4.77. The Bertz CT molecular complexity index is 770. The molecule has 0 atom stereocenters. The van der Waals surface area contributed by atoms with Crippen molar-refractivity contribution in [3.63, 3.8) is 0 Å². The van der Waals surface area contributed by atoms with Crippen LogP contribution in [0.4, 0.5) is 0 Å². The molecule has 2 nitrogen and oxygen atoms in total. The quantitative estimate of drug-likeness (QED) is 0.693. The second kappa shape index (κ2) is 5.59. The second-order valence-corrected chi connectivity index (χ2v) is 7.54. The summed E-state index contributed by atoms with van der Waals surface area (Å²) in [5, 5.41) is 7.04. The second-order valence-electron chi connectivity index (χ2n) is 5.68. The highest BCUT2D eigenvalue weighted by molar-refractivity contribution is 9.10. The number of aromatic nitrogens is 1. The summed E-state index contributed by atoms with van der Waals surface area (Å²) in [4.78, 5) is 1.37. The van der Waals surface area contributed by atoms with Crippen molar-refractivity contribution in [1.29, 1.82) is 0 Å². The van der Waals surface area contributed by atoms with E-state index < -0.39 is 0 Å². The zero-order valence-electron chi connectivity index (χ0n) is 11.7. The van der Waals surface area contributed by atoms with Gasteiger partial charge in [-0.25, -0.2) is 0 Å². The number of nitrogens with zero attached hydrogens (tertiary/aromatic N) is 1. The molecule has 0 radical (unpaired) electrons. The number of benzene rings is 1. The first-order valence-corrected chi connectivity index (χ1v) is 9.00. The van der Waals surface area contributed by atoms with E-state index in [1.807, 2.05) is 0 Å². The van der Waals surface area contributed by atoms with Crippen molar-refractivity contribution >= 4 is 38.2 Å². The summed E-state index contributed by atoms with van der Waals surface area (Å²) >= 11 is 5.43. The minimum atomic E-state index is 0.759. The average Bonchev–Trinajstić information content (AvgIpc) is 3.13. The van der Waals surface area contributed by atoms with Crippen LogP contribution in [-0.2, 0) is 13.1 Å². The van der Waals surface area contributed by atoms with E-state index in [0.717, 1.165) is 19.1 Å². The molecule has 3 aromatic rings. The van der Waals surface area contributed by atoms with Gasteiger partial charge in [0.1, 0.15) is 0 Å². The Hall–Kier alpha value is -1.10. The highest BCUT2D eigenvalue weighted by Crippen LogP contribution is 2.26. The molecule has 4 heteroatoms. The van der Waals surface area contributed by atoms with E-state index in [1.54, 1.807) is 11.3 Å². The van der Waals surface area contributed by atoms with E-state index in [2.05, 4.69) is 67.7 Å². The molecule has 1 N–H and O–H groups in total. The summed E-state index contributed by atoms with van der Waals surface area (Å²) in [7, 11) is 0. The molecule has 1 saturated carbocycles. The summed E-state index contributed by atoms with van der Waals surface area (Å²) in [5.41, 5.74) is 2.70. The van der Waals surface area contributed by atoms with E-state index in [1.165, 1.54) is 38.7 Å². The molecule has 1 aliphatic rings. The van der Waals surface area contributed by atoms with Gasteiger partial charge in [0.05, 0.1) is 6.54 Å². The molecular weight excluding hydrogens is 344 g/mol. The maximum absolute atomic E-state index is 3.63. The summed E-state index contributed by atoms with van der Waals surface area (Å²) in [6.07, 6.45) is 4.87. The van der Waals surface area contributed by atoms with Crippen LogP contribution in [0, 0.1) is 0 Å². The van der Waals surface area contributed by atoms with Gasteiger partial charge in [0, 0.05) is 33.7 Å². The van der Waals surface area contributed by atoms with Crippen molar-refractivity contribution in [2.75, 3.05) is 0 Å². The third-order valence-corrected chi connectivity index (χ3v) is 5.93. The number of nitrogens with one attached hydrogen (secondary N) is 1. The van der Waals surface area contributed by atoms with E-state index in [-0.39, 0.29) is 0 Å². The lowest BCUT2D eigenvalue weighted by molar-refractivity contribution is 0.688. The lowest BCUT2D eigenvalue weighted by atomic mass is 10.1. The van der Waals surface area contributed by atoms with Gasteiger partial charge < -0.3 is 9.88 Å². The molecule has 0 unspecified atom stereocenters. The average molecular weight is 361 g/mol. The molecule has 1 aromatic carbocycles. The fourth-order valence-electron chi connectivity index (χ4n) is 2.62. The van der Waals surface area contributed by atoms with Crippen molar-refractivity contribution in [1.82, 2.24) is 9.88 Å². The third kappa shape index (κ3) is 2.93. The van der Waals surface area contributed by atoms with Crippen LogP contribution in [0.25, 0.3) is 10.9 Å². The molecular formula is C17H17BrN2S. The van der Waals surface area contributed by atoms with Gasteiger partial charge in [-0.3, -0.25) is 0 Å². The first-order chi connectivity index (χ1) is 10.3. The Labute approximate surface area is 136 Å². The van der Waals surface area contributed by atoms with Gasteiger partial charge in [-0.2, -0.15) is 0 Å². The maximum Gasteiger partial charge on any atom is 0.0580 e. The number of halogens is 1. The van der Waals surface area contributed by atoms with Crippen LogP contribution >= 0.6 is 27.3 Å². The molecule has 21 heavy (non-hydrogen) atoms. The smallest absolute Gasteiger partial charge is 0.0580 e. The van der Waals surface area contributed by atoms with Crippen molar-refractivity contribution in [3.05, 3.63) is 56.8 Å². The van der Waals surface area contributed by atoms with E-state index in [0.29, 0.717) is 0 Å². The topological polar surface area (TPSA) is 17.0 Å². The predicted molar refractivity (Wildman–Crippen MR) is 92.9 cm³/mol. The SMILES string of the molecule is Brc1ccsc1Cn1ccc2ccc(CNC3CC3)cc21. The Morgan fingerprint density at radius 1 is 1.24 bits per heavy atom. The molecule has 2 heterocycles. The standard InChI is InChI=1S/C17H17BrN2S/c18-15-6-8-21-17(15)11-20-7-5-13-2-1-12(9-16(13)20)10-19-14-3-4-14/h1-2,5-9,14,19H,3-4,10-11H2. The van der Waals surface area contributed by atoms with Gasteiger partial charge in [-0.1, -0.05) is 12.1 Å². The first kappa shape index (κ1) is 13.6. The number of rotatable bonds is 5. The Morgan fingerprint density at radius 3 is 2.90 bits per heavy atom. The van der Waals surface area contributed by atoms with Gasteiger partial charge >= 0.3 is 0 Å². The van der Waals surface area contributed by atoms with Gasteiger partial charge in [0.15, 0.2) is 0 Å². The Balaban J connectivity index is 1.61. The van der Waals surface area contributed by atoms with Crippen LogP contribution in [0.5, 0.6) is 0 Å². The van der Waals surface area contributed by atoms with Crippen molar-refractivity contribution < 1.29 is 0 Å². The molecule has 2 aromatic heterocycles. The number of hydrogen-bond acceptors (Lipinski definition) is 2. The maximum atomic E-state index is 3.63. The van der Waals surface area contributed by atoms with E-state index in [9.17, 15) is 0 Å². The van der Waals surface area contributed by atoms with Crippen LogP contribution < -0.4 is 5.32 Å². The molecule has 0 spiro atoms. The van der Waals surface area contributed by atoms with E-state index in [4.69, 9.17) is 0 Å². The van der Waals surface area contributed by atoms with Gasteiger partial charge in [-0.05, 0) is 63.3 Å². The molecule has 1 fully saturated rings. The minimum Gasteiger partial charge on any atom is -0.342 e. The molecule has 0 bridgehead atoms. The minimum absolute atomic E-state index is 0.759. The van der Waals surface area contributed by atoms with Gasteiger partial charge in [0.2, 0.25) is 0 Å². The van der Waals surface area contributed by atoms with Crippen molar-refractivity contribution in [2.45, 2.75) is 32.0 Å². The Kier molecular flexibility index (Phi) is 3.61. The number of fused-ring (bicyclic) bond motifs is 1. The monoisotopic (exact) mass is 360 g/mol. The lowest BCUT2D eigenvalue weighted by Gasteiger charge is -2.07. The molecule has 0 amide bonds. The largest absolute Gasteiger partial charge is 0.342 e. The fourth-order valence-corrected chi connectivity index (χ4v) is 4.10. The van der Waals surface area contributed by atoms with Crippen molar-refractivity contribution in [2.24, 2.45) is 0 Å². The lowest BCUT2D eigenvalue weighted by Crippen LogP contribution is -2.15. The van der Waals surface area contributed by atoms with Crippen LogP contribution in [0.15, 0.2) is 46.4 Å². The summed E-state index contributed by atoms with van der Waals surface area (Å²) in [5.74, 6) is 0. The summed E-state index contributed by atoms with van der Waals surface area (Å²) < 4.78 is 3.55. The van der Waals surface area contributed by atoms with Crippen LogP contribution in [0.3, 0.4) is 0 Å². The van der Waals surface area contributed by atoms with Crippen LogP contribution in [0.1, 0.15) is 23.3 Å².